The molecule has 2 bridgehead atoms. The van der Waals surface area contributed by atoms with Crippen LogP contribution < -0.4 is 5.32 Å². The summed E-state index contributed by atoms with van der Waals surface area (Å²) in [6, 6.07) is 0.267. The molecule has 1 amide bonds. The van der Waals surface area contributed by atoms with Crippen molar-refractivity contribution in [3.8, 4) is 0 Å². The van der Waals surface area contributed by atoms with Gasteiger partial charge in [0.05, 0.1) is 0 Å². The zero-order chi connectivity index (χ0) is 12.5. The number of amides is 1. The Labute approximate surface area is 109 Å². The molecule has 0 aliphatic heterocycles. The lowest BCUT2D eigenvalue weighted by Gasteiger charge is -2.32. The average molecular weight is 251 g/mol. The monoisotopic (exact) mass is 251 g/mol. The largest absolute Gasteiger partial charge is 0.396 e. The summed E-state index contributed by atoms with van der Waals surface area (Å²) in [4.78, 5) is 12.3. The molecular formula is C15H25NO2. The third-order valence-corrected chi connectivity index (χ3v) is 5.58. The smallest absolute Gasteiger partial charge is 0.223 e. The molecule has 3 nitrogen and oxygen atoms in total. The molecule has 3 aliphatic carbocycles. The van der Waals surface area contributed by atoms with Gasteiger partial charge in [-0.2, -0.15) is 0 Å². The first-order valence-corrected chi connectivity index (χ1v) is 7.71. The van der Waals surface area contributed by atoms with E-state index < -0.39 is 0 Å². The van der Waals surface area contributed by atoms with Gasteiger partial charge in [0.1, 0.15) is 0 Å². The summed E-state index contributed by atoms with van der Waals surface area (Å²) < 4.78 is 0. The minimum absolute atomic E-state index is 0.247. The molecule has 2 N–H and O–H groups in total. The molecule has 0 heterocycles. The molecule has 0 aromatic carbocycles. The Morgan fingerprint density at radius 3 is 2.50 bits per heavy atom. The van der Waals surface area contributed by atoms with Crippen molar-refractivity contribution in [3.63, 3.8) is 0 Å². The maximum absolute atomic E-state index is 12.3. The molecule has 3 aliphatic rings. The molecule has 3 fully saturated rings. The number of aliphatic hydroxyl groups excluding tert-OH is 1. The number of nitrogens with one attached hydrogen (secondary N) is 1. The summed E-state index contributed by atoms with van der Waals surface area (Å²) in [5, 5.41) is 12.8. The van der Waals surface area contributed by atoms with Crippen LogP contribution >= 0.6 is 0 Å². The number of fused-ring (bicyclic) bond motifs is 2. The second-order valence-corrected chi connectivity index (χ2v) is 6.55. The zero-order valence-electron chi connectivity index (χ0n) is 11.1. The first kappa shape index (κ1) is 12.5. The summed E-state index contributed by atoms with van der Waals surface area (Å²) >= 11 is 0. The highest BCUT2D eigenvalue weighted by molar-refractivity contribution is 5.79. The van der Waals surface area contributed by atoms with Crippen LogP contribution in [-0.4, -0.2) is 23.7 Å². The number of hydrogen-bond donors (Lipinski definition) is 2. The van der Waals surface area contributed by atoms with Crippen molar-refractivity contribution in [2.45, 2.75) is 57.4 Å². The molecule has 4 atom stereocenters. The second-order valence-electron chi connectivity index (χ2n) is 6.55. The van der Waals surface area contributed by atoms with Crippen molar-refractivity contribution in [1.29, 1.82) is 0 Å². The second kappa shape index (κ2) is 5.20. The zero-order valence-corrected chi connectivity index (χ0v) is 11.1. The van der Waals surface area contributed by atoms with E-state index in [2.05, 4.69) is 5.32 Å². The molecule has 18 heavy (non-hydrogen) atoms. The van der Waals surface area contributed by atoms with Crippen LogP contribution in [0.3, 0.4) is 0 Å². The maximum Gasteiger partial charge on any atom is 0.223 e. The van der Waals surface area contributed by atoms with Crippen molar-refractivity contribution in [2.24, 2.45) is 23.7 Å². The van der Waals surface area contributed by atoms with Gasteiger partial charge in [-0.25, -0.2) is 0 Å². The Bertz CT molecular complexity index is 312. The highest BCUT2D eigenvalue weighted by atomic mass is 16.3. The number of carbonyl (C=O) groups is 1. The van der Waals surface area contributed by atoms with Crippen molar-refractivity contribution < 1.29 is 9.90 Å². The molecule has 3 heteroatoms. The summed E-state index contributed by atoms with van der Waals surface area (Å²) in [6.07, 6.45) is 9.56. The molecule has 3 rings (SSSR count). The lowest BCUT2D eigenvalue weighted by molar-refractivity contribution is -0.127. The van der Waals surface area contributed by atoms with Crippen LogP contribution in [0.25, 0.3) is 0 Å². The van der Waals surface area contributed by atoms with Crippen LogP contribution in [0.1, 0.15) is 51.4 Å². The predicted octanol–water partition coefficient (Wildman–Crippen LogP) is 2.09. The van der Waals surface area contributed by atoms with Gasteiger partial charge in [0.15, 0.2) is 0 Å². The maximum atomic E-state index is 12.3. The quantitative estimate of drug-likeness (QED) is 0.807. The third kappa shape index (κ3) is 2.18. The van der Waals surface area contributed by atoms with Crippen LogP contribution in [0.2, 0.25) is 0 Å². The van der Waals surface area contributed by atoms with Crippen LogP contribution in [0.5, 0.6) is 0 Å². The summed E-state index contributed by atoms with van der Waals surface area (Å²) in [6.45, 7) is 0.247. The van der Waals surface area contributed by atoms with E-state index in [1.807, 2.05) is 0 Å². The number of carbonyl (C=O) groups excluding carboxylic acids is 1. The van der Waals surface area contributed by atoms with Gasteiger partial charge in [0, 0.05) is 24.5 Å². The highest BCUT2D eigenvalue weighted by Gasteiger charge is 2.48. The molecular weight excluding hydrogens is 226 g/mol. The molecule has 3 saturated carbocycles. The van der Waals surface area contributed by atoms with Gasteiger partial charge in [-0.05, 0) is 43.9 Å². The van der Waals surface area contributed by atoms with E-state index in [0.29, 0.717) is 17.8 Å². The van der Waals surface area contributed by atoms with Gasteiger partial charge >= 0.3 is 0 Å². The van der Waals surface area contributed by atoms with Crippen molar-refractivity contribution in [2.75, 3.05) is 6.61 Å². The van der Waals surface area contributed by atoms with Crippen molar-refractivity contribution in [1.82, 2.24) is 5.32 Å². The normalized spacial score (nSPS) is 40.1. The molecule has 0 spiro atoms. The van der Waals surface area contributed by atoms with Gasteiger partial charge in [-0.3, -0.25) is 4.79 Å². The fourth-order valence-electron chi connectivity index (χ4n) is 4.54. The molecule has 0 aromatic heterocycles. The Hall–Kier alpha value is -0.570. The van der Waals surface area contributed by atoms with Gasteiger partial charge < -0.3 is 10.4 Å². The summed E-state index contributed by atoms with van der Waals surface area (Å²) in [7, 11) is 0. The predicted molar refractivity (Wildman–Crippen MR) is 69.9 cm³/mol. The molecule has 0 saturated heterocycles. The Kier molecular flexibility index (Phi) is 3.60. The Morgan fingerprint density at radius 2 is 1.78 bits per heavy atom. The number of rotatable bonds is 3. The topological polar surface area (TPSA) is 49.3 Å². The van der Waals surface area contributed by atoms with E-state index in [1.165, 1.54) is 38.5 Å². The average Bonchev–Trinajstić information content (AvgIpc) is 3.00. The lowest BCUT2D eigenvalue weighted by Crippen LogP contribution is -2.47. The van der Waals surface area contributed by atoms with Crippen molar-refractivity contribution >= 4 is 5.91 Å². The van der Waals surface area contributed by atoms with E-state index >= 15 is 0 Å². The minimum atomic E-state index is 0.247. The molecule has 102 valence electrons. The van der Waals surface area contributed by atoms with E-state index in [0.717, 1.165) is 12.8 Å². The first-order chi connectivity index (χ1) is 8.79. The lowest BCUT2D eigenvalue weighted by atomic mass is 9.83. The van der Waals surface area contributed by atoms with E-state index in [1.54, 1.807) is 0 Å². The van der Waals surface area contributed by atoms with Gasteiger partial charge in [0.25, 0.3) is 0 Å². The molecule has 0 aromatic rings. The highest BCUT2D eigenvalue weighted by Crippen LogP contribution is 2.48. The fourth-order valence-corrected chi connectivity index (χ4v) is 4.54. The van der Waals surface area contributed by atoms with E-state index in [9.17, 15) is 9.90 Å². The molecule has 0 radical (unpaired) electrons. The Balaban J connectivity index is 1.59. The minimum Gasteiger partial charge on any atom is -0.396 e. The van der Waals surface area contributed by atoms with Crippen LogP contribution in [0.15, 0.2) is 0 Å². The van der Waals surface area contributed by atoms with Gasteiger partial charge in [-0.15, -0.1) is 0 Å². The number of aliphatic hydroxyl groups is 1. The molecule has 4 unspecified atom stereocenters. The van der Waals surface area contributed by atoms with Crippen LogP contribution in [-0.2, 0) is 4.79 Å². The van der Waals surface area contributed by atoms with E-state index in [4.69, 9.17) is 0 Å². The van der Waals surface area contributed by atoms with Crippen LogP contribution in [0, 0.1) is 23.7 Å². The third-order valence-electron chi connectivity index (χ3n) is 5.58. The van der Waals surface area contributed by atoms with E-state index in [-0.39, 0.29) is 24.5 Å². The van der Waals surface area contributed by atoms with Crippen LogP contribution in [0.4, 0.5) is 0 Å². The van der Waals surface area contributed by atoms with Gasteiger partial charge in [-0.1, -0.05) is 19.3 Å². The SMILES string of the molecule is O=C(NC1C2CCC(C2)C1CO)C1CCCCC1. The first-order valence-electron chi connectivity index (χ1n) is 7.71. The standard InChI is InChI=1S/C15H25NO2/c17-9-13-11-6-7-12(8-11)14(13)16-15(18)10-4-2-1-3-5-10/h10-14,17H,1-9H2,(H,16,18). The van der Waals surface area contributed by atoms with Gasteiger partial charge in [0.2, 0.25) is 5.91 Å². The Morgan fingerprint density at radius 1 is 1.06 bits per heavy atom. The summed E-state index contributed by atoms with van der Waals surface area (Å²) in [5.74, 6) is 2.15. The number of hydrogen-bond acceptors (Lipinski definition) is 2. The van der Waals surface area contributed by atoms with Crippen molar-refractivity contribution in [3.05, 3.63) is 0 Å². The fraction of sp³-hybridized carbons (Fsp3) is 0.933. The summed E-state index contributed by atoms with van der Waals surface area (Å²) in [5.41, 5.74) is 0.